The third-order valence-electron chi connectivity index (χ3n) is 4.37. The Bertz CT molecular complexity index is 587. The van der Waals surface area contributed by atoms with Crippen LogP contribution < -0.4 is 5.32 Å². The molecule has 1 atom stereocenters. The van der Waals surface area contributed by atoms with E-state index in [1.807, 2.05) is 10.9 Å². The van der Waals surface area contributed by atoms with Crippen LogP contribution in [0.4, 0.5) is 0 Å². The Balaban J connectivity index is 1.71. The van der Waals surface area contributed by atoms with Gasteiger partial charge in [0.15, 0.2) is 0 Å². The topological polar surface area (TPSA) is 55.0 Å². The van der Waals surface area contributed by atoms with Crippen LogP contribution in [0.3, 0.4) is 0 Å². The van der Waals surface area contributed by atoms with Gasteiger partial charge in [-0.15, -0.1) is 0 Å². The van der Waals surface area contributed by atoms with Gasteiger partial charge in [0.25, 0.3) is 0 Å². The van der Waals surface area contributed by atoms with Crippen molar-refractivity contribution in [2.75, 3.05) is 6.61 Å². The zero-order valence-corrected chi connectivity index (χ0v) is 12.6. The Kier molecular flexibility index (Phi) is 4.41. The first-order valence-corrected chi connectivity index (χ1v) is 7.86. The molecular weight excluding hydrogens is 264 g/mol. The number of hydrogen-bond donors (Lipinski definition) is 2. The molecule has 1 aliphatic rings. The number of aliphatic hydroxyl groups is 1. The lowest BCUT2D eigenvalue weighted by atomic mass is 9.93. The molecule has 1 aliphatic carbocycles. The molecule has 0 fully saturated rings. The summed E-state index contributed by atoms with van der Waals surface area (Å²) >= 11 is 0. The van der Waals surface area contributed by atoms with Crippen molar-refractivity contribution in [3.63, 3.8) is 0 Å². The summed E-state index contributed by atoms with van der Waals surface area (Å²) in [6, 6.07) is 4.66. The first-order chi connectivity index (χ1) is 10.3. The molecule has 0 saturated heterocycles. The molecule has 2 N–H and O–H groups in total. The van der Waals surface area contributed by atoms with E-state index in [4.69, 9.17) is 5.11 Å². The van der Waals surface area contributed by atoms with Crippen molar-refractivity contribution in [2.24, 2.45) is 0 Å². The average molecular weight is 288 g/mol. The Hall–Kier alpha value is -1.59. The Morgan fingerprint density at radius 3 is 3.19 bits per heavy atom. The van der Waals surface area contributed by atoms with Crippen LogP contribution in [-0.2, 0) is 26.1 Å². The van der Waals surface area contributed by atoms with Crippen molar-refractivity contribution >= 4 is 0 Å². The molecule has 0 radical (unpaired) electrons. The van der Waals surface area contributed by atoms with Crippen LogP contribution in [0.5, 0.6) is 0 Å². The van der Waals surface area contributed by atoms with Crippen LogP contribution in [0, 0.1) is 0 Å². The second kappa shape index (κ2) is 6.45. The molecule has 2 aromatic heterocycles. The Morgan fingerprint density at radius 1 is 1.48 bits per heavy atom. The fourth-order valence-corrected chi connectivity index (χ4v) is 3.26. The predicted octanol–water partition coefficient (Wildman–Crippen LogP) is 1.86. The summed E-state index contributed by atoms with van der Waals surface area (Å²) < 4.78 is 4.23. The minimum absolute atomic E-state index is 0.149. The Labute approximate surface area is 125 Å². The molecule has 114 valence electrons. The first kappa shape index (κ1) is 14.4. The molecule has 5 heteroatoms. The maximum absolute atomic E-state index is 9.11. The highest BCUT2D eigenvalue weighted by atomic mass is 16.3. The summed E-state index contributed by atoms with van der Waals surface area (Å²) in [6.45, 7) is 4.81. The molecular formula is C16H24N4O. The average Bonchev–Trinajstić information content (AvgIpc) is 3.12. The van der Waals surface area contributed by atoms with Gasteiger partial charge in [-0.05, 0) is 38.3 Å². The van der Waals surface area contributed by atoms with Gasteiger partial charge in [0, 0.05) is 42.3 Å². The highest BCUT2D eigenvalue weighted by Crippen LogP contribution is 2.29. The number of aryl methyl sites for hydroxylation is 1. The number of nitrogens with one attached hydrogen (secondary N) is 1. The summed E-state index contributed by atoms with van der Waals surface area (Å²) in [6.07, 6.45) is 7.50. The fraction of sp³-hybridized carbons (Fsp3) is 0.562. The third kappa shape index (κ3) is 2.89. The summed E-state index contributed by atoms with van der Waals surface area (Å²) in [5.41, 5.74) is 3.93. The SMILES string of the molecule is CCn1cccc1CNC1CCCc2c1cnn2CCO. The number of rotatable bonds is 6. The van der Waals surface area contributed by atoms with Crippen molar-refractivity contribution in [1.82, 2.24) is 19.7 Å². The second-order valence-corrected chi connectivity index (χ2v) is 5.60. The number of nitrogens with zero attached hydrogens (tertiary/aromatic N) is 3. The van der Waals surface area contributed by atoms with Gasteiger partial charge >= 0.3 is 0 Å². The van der Waals surface area contributed by atoms with E-state index in [1.54, 1.807) is 0 Å². The van der Waals surface area contributed by atoms with Crippen LogP contribution in [0.25, 0.3) is 0 Å². The van der Waals surface area contributed by atoms with Crippen LogP contribution in [0.2, 0.25) is 0 Å². The van der Waals surface area contributed by atoms with Gasteiger partial charge < -0.3 is 15.0 Å². The van der Waals surface area contributed by atoms with E-state index in [2.05, 4.69) is 40.2 Å². The largest absolute Gasteiger partial charge is 0.394 e. The molecule has 2 aromatic rings. The lowest BCUT2D eigenvalue weighted by Crippen LogP contribution is -2.26. The molecule has 0 spiro atoms. The molecule has 0 saturated carbocycles. The van der Waals surface area contributed by atoms with Crippen molar-refractivity contribution in [2.45, 2.75) is 51.9 Å². The zero-order chi connectivity index (χ0) is 14.7. The summed E-state index contributed by atoms with van der Waals surface area (Å²) in [7, 11) is 0. The van der Waals surface area contributed by atoms with Gasteiger partial charge in [-0.1, -0.05) is 0 Å². The summed E-state index contributed by atoms with van der Waals surface area (Å²) in [4.78, 5) is 0. The summed E-state index contributed by atoms with van der Waals surface area (Å²) in [5, 5.41) is 17.2. The van der Waals surface area contributed by atoms with E-state index >= 15 is 0 Å². The van der Waals surface area contributed by atoms with Gasteiger partial charge in [-0.25, -0.2) is 0 Å². The highest BCUT2D eigenvalue weighted by molar-refractivity contribution is 5.25. The molecule has 21 heavy (non-hydrogen) atoms. The lowest BCUT2D eigenvalue weighted by Gasteiger charge is -2.24. The maximum atomic E-state index is 9.11. The minimum Gasteiger partial charge on any atom is -0.394 e. The molecule has 0 bridgehead atoms. The number of aliphatic hydroxyl groups excluding tert-OH is 1. The fourth-order valence-electron chi connectivity index (χ4n) is 3.26. The van der Waals surface area contributed by atoms with Gasteiger partial charge in [0.2, 0.25) is 0 Å². The zero-order valence-electron chi connectivity index (χ0n) is 12.6. The minimum atomic E-state index is 0.149. The number of aromatic nitrogens is 3. The van der Waals surface area contributed by atoms with Crippen LogP contribution in [0.1, 0.15) is 42.8 Å². The van der Waals surface area contributed by atoms with Crippen molar-refractivity contribution in [1.29, 1.82) is 0 Å². The van der Waals surface area contributed by atoms with Crippen LogP contribution >= 0.6 is 0 Å². The smallest absolute Gasteiger partial charge is 0.0644 e. The van der Waals surface area contributed by atoms with Crippen molar-refractivity contribution in [3.8, 4) is 0 Å². The molecule has 1 unspecified atom stereocenters. The standard InChI is InChI=1S/C16H24N4O/c1-2-19-8-4-5-13(19)11-17-15-6-3-7-16-14(15)12-18-20(16)9-10-21/h4-5,8,12,15,17,21H,2-3,6-7,9-11H2,1H3. The first-order valence-electron chi connectivity index (χ1n) is 7.86. The molecule has 2 heterocycles. The van der Waals surface area contributed by atoms with E-state index in [-0.39, 0.29) is 6.61 Å². The highest BCUT2D eigenvalue weighted by Gasteiger charge is 2.23. The quantitative estimate of drug-likeness (QED) is 0.853. The molecule has 0 amide bonds. The molecule has 0 aliphatic heterocycles. The van der Waals surface area contributed by atoms with Crippen molar-refractivity contribution in [3.05, 3.63) is 41.5 Å². The van der Waals surface area contributed by atoms with E-state index in [9.17, 15) is 0 Å². The lowest BCUT2D eigenvalue weighted by molar-refractivity contribution is 0.266. The second-order valence-electron chi connectivity index (χ2n) is 5.60. The van der Waals surface area contributed by atoms with Gasteiger partial charge in [-0.3, -0.25) is 4.68 Å². The van der Waals surface area contributed by atoms with E-state index < -0.39 is 0 Å². The molecule has 5 nitrogen and oxygen atoms in total. The van der Waals surface area contributed by atoms with Crippen LogP contribution in [-0.4, -0.2) is 26.1 Å². The number of fused-ring (bicyclic) bond motifs is 1. The normalized spacial score (nSPS) is 17.9. The van der Waals surface area contributed by atoms with Crippen LogP contribution in [0.15, 0.2) is 24.5 Å². The van der Waals surface area contributed by atoms with E-state index in [1.165, 1.54) is 23.4 Å². The molecule has 0 aromatic carbocycles. The third-order valence-corrected chi connectivity index (χ3v) is 4.37. The van der Waals surface area contributed by atoms with Gasteiger partial charge in [-0.2, -0.15) is 5.10 Å². The van der Waals surface area contributed by atoms with Crippen molar-refractivity contribution < 1.29 is 5.11 Å². The van der Waals surface area contributed by atoms with E-state index in [0.717, 1.165) is 25.9 Å². The molecule has 3 rings (SSSR count). The number of hydrogen-bond acceptors (Lipinski definition) is 3. The predicted molar refractivity (Wildman–Crippen MR) is 81.9 cm³/mol. The monoisotopic (exact) mass is 288 g/mol. The van der Waals surface area contributed by atoms with Gasteiger partial charge in [0.05, 0.1) is 19.3 Å². The Morgan fingerprint density at radius 2 is 2.38 bits per heavy atom. The van der Waals surface area contributed by atoms with E-state index in [0.29, 0.717) is 12.6 Å². The van der Waals surface area contributed by atoms with Gasteiger partial charge in [0.1, 0.15) is 0 Å². The maximum Gasteiger partial charge on any atom is 0.0644 e. The summed E-state index contributed by atoms with van der Waals surface area (Å²) in [5.74, 6) is 0.